The van der Waals surface area contributed by atoms with Crippen molar-refractivity contribution in [3.8, 4) is 5.75 Å². The molecule has 144 valence electrons. The lowest BCUT2D eigenvalue weighted by Crippen LogP contribution is -2.55. The number of pyridine rings is 1. The molecule has 2 heterocycles. The topological polar surface area (TPSA) is 45.7 Å². The Kier molecular flexibility index (Phi) is 5.01. The number of rotatable bonds is 4. The summed E-state index contributed by atoms with van der Waals surface area (Å²) in [5, 5.41) is 1.05. The molecule has 1 saturated heterocycles. The number of anilines is 1. The number of aryl methyl sites for hydroxylation is 1. The van der Waals surface area contributed by atoms with E-state index in [9.17, 15) is 4.79 Å². The number of aromatic nitrogens is 1. The molecule has 1 aliphatic heterocycles. The molecule has 0 saturated carbocycles. The van der Waals surface area contributed by atoms with Crippen molar-refractivity contribution in [2.45, 2.75) is 26.4 Å². The minimum absolute atomic E-state index is 0.130. The number of amides is 1. The first-order valence-electron chi connectivity index (χ1n) is 9.59. The number of carbonyl (C=O) groups excluding carboxylic acids is 1. The number of para-hydroxylation sites is 2. The van der Waals surface area contributed by atoms with Gasteiger partial charge < -0.3 is 9.64 Å². The van der Waals surface area contributed by atoms with Crippen LogP contribution in [-0.4, -0.2) is 42.0 Å². The second-order valence-electron chi connectivity index (χ2n) is 7.38. The molecular weight excluding hydrogens is 350 g/mol. The summed E-state index contributed by atoms with van der Waals surface area (Å²) in [6.45, 7) is 5.93. The summed E-state index contributed by atoms with van der Waals surface area (Å²) < 4.78 is 5.45. The molecule has 0 unspecified atom stereocenters. The maximum atomic E-state index is 12.8. The minimum Gasteiger partial charge on any atom is -0.494 e. The molecule has 0 radical (unpaired) electrons. The molecule has 0 spiro atoms. The Hall–Kier alpha value is -2.92. The van der Waals surface area contributed by atoms with Gasteiger partial charge >= 0.3 is 0 Å². The summed E-state index contributed by atoms with van der Waals surface area (Å²) in [6.07, 6.45) is 0. The smallest absolute Gasteiger partial charge is 0.241 e. The Bertz CT molecular complexity index is 1020. The van der Waals surface area contributed by atoms with Crippen molar-refractivity contribution >= 4 is 22.5 Å². The van der Waals surface area contributed by atoms with Gasteiger partial charge in [-0.3, -0.25) is 9.69 Å². The molecule has 5 nitrogen and oxygen atoms in total. The van der Waals surface area contributed by atoms with Crippen LogP contribution in [-0.2, 0) is 11.3 Å². The predicted molar refractivity (Wildman–Crippen MR) is 112 cm³/mol. The van der Waals surface area contributed by atoms with Gasteiger partial charge in [0.15, 0.2) is 0 Å². The van der Waals surface area contributed by atoms with Crippen LogP contribution in [0.25, 0.3) is 10.9 Å². The van der Waals surface area contributed by atoms with E-state index >= 15 is 0 Å². The van der Waals surface area contributed by atoms with Gasteiger partial charge in [0.05, 0.1) is 19.3 Å². The van der Waals surface area contributed by atoms with E-state index in [1.807, 2.05) is 60.4 Å². The van der Waals surface area contributed by atoms with Crippen LogP contribution in [0.2, 0.25) is 0 Å². The molecule has 5 heteroatoms. The Balaban J connectivity index is 1.54. The standard InChI is InChI=1S/C23H25N3O2/c1-16-7-4-5-9-20(16)26-13-17(2)25(15-22(26)27)14-19-12-11-18-8-6-10-21(28-3)23(18)24-19/h4-12,17H,13-15H2,1-3H3/t17-/m1/s1. The highest BCUT2D eigenvalue weighted by Gasteiger charge is 2.31. The molecule has 1 fully saturated rings. The quantitative estimate of drug-likeness (QED) is 0.696. The van der Waals surface area contributed by atoms with Crippen molar-refractivity contribution in [3.63, 3.8) is 0 Å². The summed E-state index contributed by atoms with van der Waals surface area (Å²) >= 11 is 0. The Morgan fingerprint density at radius 2 is 1.93 bits per heavy atom. The van der Waals surface area contributed by atoms with Gasteiger partial charge in [0.25, 0.3) is 0 Å². The Labute approximate surface area is 165 Å². The van der Waals surface area contributed by atoms with E-state index in [-0.39, 0.29) is 11.9 Å². The van der Waals surface area contributed by atoms with Crippen LogP contribution in [0.3, 0.4) is 0 Å². The SMILES string of the molecule is COc1cccc2ccc(CN3CC(=O)N(c4ccccc4C)C[C@H]3C)nc12. The van der Waals surface area contributed by atoms with Crippen LogP contribution in [0.4, 0.5) is 5.69 Å². The number of hydrogen-bond acceptors (Lipinski definition) is 4. The molecular formula is C23H25N3O2. The van der Waals surface area contributed by atoms with Crippen molar-refractivity contribution < 1.29 is 9.53 Å². The average molecular weight is 375 g/mol. The van der Waals surface area contributed by atoms with E-state index in [1.54, 1.807) is 7.11 Å². The fourth-order valence-corrected chi connectivity index (χ4v) is 3.83. The van der Waals surface area contributed by atoms with Gasteiger partial charge in [0.2, 0.25) is 5.91 Å². The zero-order valence-corrected chi connectivity index (χ0v) is 16.6. The van der Waals surface area contributed by atoms with Crippen LogP contribution >= 0.6 is 0 Å². The predicted octanol–water partition coefficient (Wildman–Crippen LogP) is 3.79. The third kappa shape index (κ3) is 3.45. The van der Waals surface area contributed by atoms with Gasteiger partial charge in [-0.05, 0) is 37.6 Å². The van der Waals surface area contributed by atoms with Crippen molar-refractivity contribution in [2.24, 2.45) is 0 Å². The van der Waals surface area contributed by atoms with E-state index in [0.29, 0.717) is 19.6 Å². The highest BCUT2D eigenvalue weighted by molar-refractivity contribution is 5.96. The van der Waals surface area contributed by atoms with Crippen LogP contribution in [0.15, 0.2) is 54.6 Å². The number of benzene rings is 2. The number of methoxy groups -OCH3 is 1. The van der Waals surface area contributed by atoms with Gasteiger partial charge in [-0.1, -0.05) is 36.4 Å². The van der Waals surface area contributed by atoms with Gasteiger partial charge in [0.1, 0.15) is 11.3 Å². The number of carbonyl (C=O) groups is 1. The molecule has 1 aliphatic rings. The van der Waals surface area contributed by atoms with E-state index in [2.05, 4.69) is 17.9 Å². The summed E-state index contributed by atoms with van der Waals surface area (Å²) in [5.74, 6) is 0.901. The number of piperazine rings is 1. The highest BCUT2D eigenvalue weighted by Crippen LogP contribution is 2.26. The van der Waals surface area contributed by atoms with E-state index in [0.717, 1.165) is 33.6 Å². The van der Waals surface area contributed by atoms with Crippen LogP contribution in [0.1, 0.15) is 18.2 Å². The molecule has 1 aromatic heterocycles. The summed E-state index contributed by atoms with van der Waals surface area (Å²) in [6, 6.07) is 18.3. The highest BCUT2D eigenvalue weighted by atomic mass is 16.5. The zero-order valence-electron chi connectivity index (χ0n) is 16.6. The molecule has 4 rings (SSSR count). The van der Waals surface area contributed by atoms with Crippen LogP contribution < -0.4 is 9.64 Å². The van der Waals surface area contributed by atoms with Crippen LogP contribution in [0, 0.1) is 6.92 Å². The van der Waals surface area contributed by atoms with Crippen molar-refractivity contribution in [2.75, 3.05) is 25.1 Å². The lowest BCUT2D eigenvalue weighted by Gasteiger charge is -2.39. The molecule has 0 bridgehead atoms. The molecule has 1 atom stereocenters. The molecule has 0 N–H and O–H groups in total. The van der Waals surface area contributed by atoms with Gasteiger partial charge in [-0.2, -0.15) is 0 Å². The molecule has 2 aromatic carbocycles. The minimum atomic E-state index is 0.130. The van der Waals surface area contributed by atoms with Gasteiger partial charge in [-0.25, -0.2) is 4.98 Å². The van der Waals surface area contributed by atoms with Gasteiger partial charge in [-0.15, -0.1) is 0 Å². The lowest BCUT2D eigenvalue weighted by atomic mass is 10.1. The first kappa shape index (κ1) is 18.4. The first-order valence-corrected chi connectivity index (χ1v) is 9.59. The largest absolute Gasteiger partial charge is 0.494 e. The third-order valence-corrected chi connectivity index (χ3v) is 5.44. The van der Waals surface area contributed by atoms with Gasteiger partial charge in [0, 0.05) is 30.2 Å². The van der Waals surface area contributed by atoms with E-state index < -0.39 is 0 Å². The molecule has 28 heavy (non-hydrogen) atoms. The summed E-state index contributed by atoms with van der Waals surface area (Å²) in [4.78, 5) is 21.8. The Morgan fingerprint density at radius 3 is 2.71 bits per heavy atom. The number of fused-ring (bicyclic) bond motifs is 1. The first-order chi connectivity index (χ1) is 13.6. The monoisotopic (exact) mass is 375 g/mol. The maximum Gasteiger partial charge on any atom is 0.241 e. The third-order valence-electron chi connectivity index (χ3n) is 5.44. The lowest BCUT2D eigenvalue weighted by molar-refractivity contribution is -0.122. The summed E-state index contributed by atoms with van der Waals surface area (Å²) in [7, 11) is 1.66. The zero-order chi connectivity index (χ0) is 19.7. The molecule has 1 amide bonds. The number of nitrogens with zero attached hydrogens (tertiary/aromatic N) is 3. The molecule has 0 aliphatic carbocycles. The Morgan fingerprint density at radius 1 is 1.11 bits per heavy atom. The normalized spacial score (nSPS) is 17.9. The average Bonchev–Trinajstić information content (AvgIpc) is 2.70. The van der Waals surface area contributed by atoms with E-state index in [4.69, 9.17) is 9.72 Å². The second-order valence-corrected chi connectivity index (χ2v) is 7.38. The van der Waals surface area contributed by atoms with Crippen molar-refractivity contribution in [3.05, 3.63) is 65.9 Å². The second kappa shape index (κ2) is 7.60. The number of ether oxygens (including phenoxy) is 1. The number of hydrogen-bond donors (Lipinski definition) is 0. The van der Waals surface area contributed by atoms with Crippen LogP contribution in [0.5, 0.6) is 5.75 Å². The van der Waals surface area contributed by atoms with Crippen molar-refractivity contribution in [1.82, 2.24) is 9.88 Å². The maximum absolute atomic E-state index is 12.8. The van der Waals surface area contributed by atoms with E-state index in [1.165, 1.54) is 0 Å². The molecule has 3 aromatic rings. The van der Waals surface area contributed by atoms with Crippen molar-refractivity contribution in [1.29, 1.82) is 0 Å². The summed E-state index contributed by atoms with van der Waals surface area (Å²) in [5.41, 5.74) is 3.94. The fourth-order valence-electron chi connectivity index (χ4n) is 3.83. The fraction of sp³-hybridized carbons (Fsp3) is 0.304.